The van der Waals surface area contributed by atoms with Crippen LogP contribution in [0.1, 0.15) is 77.6 Å². The van der Waals surface area contributed by atoms with E-state index in [0.29, 0.717) is 10.8 Å². The van der Waals surface area contributed by atoms with Gasteiger partial charge in [-0.1, -0.05) is 19.1 Å². The monoisotopic (exact) mass is 314 g/mol. The molecule has 0 aromatic carbocycles. The molecule has 1 N–H and O–H groups in total. The van der Waals surface area contributed by atoms with Gasteiger partial charge in [0.05, 0.1) is 6.10 Å². The lowest BCUT2D eigenvalue weighted by Gasteiger charge is -2.61. The van der Waals surface area contributed by atoms with Gasteiger partial charge in [0.2, 0.25) is 0 Å². The second-order valence-corrected chi connectivity index (χ2v) is 10.0. The van der Waals surface area contributed by atoms with Crippen molar-refractivity contribution in [2.24, 2.45) is 40.4 Å². The molecule has 1 nitrogen and oxygen atoms in total. The molecular formula is C22H34O. The lowest BCUT2D eigenvalue weighted by molar-refractivity contribution is -0.130. The Hall–Kier alpha value is -0.300. The minimum atomic E-state index is -0.00102. The molecule has 4 fully saturated rings. The molecule has 0 amide bonds. The van der Waals surface area contributed by atoms with E-state index in [-0.39, 0.29) is 6.10 Å². The summed E-state index contributed by atoms with van der Waals surface area (Å²) in [7, 11) is 0. The fraction of sp³-hybridized carbons (Fsp3) is 0.909. The Kier molecular flexibility index (Phi) is 3.32. The summed E-state index contributed by atoms with van der Waals surface area (Å²) in [6.07, 6.45) is 20.2. The molecule has 0 aromatic heterocycles. The summed E-state index contributed by atoms with van der Waals surface area (Å²) in [5.41, 5.74) is 1.25. The number of hydrogen-bond acceptors (Lipinski definition) is 1. The Morgan fingerprint density at radius 2 is 1.83 bits per heavy atom. The summed E-state index contributed by atoms with van der Waals surface area (Å²) in [6, 6.07) is 0. The lowest BCUT2D eigenvalue weighted by Crippen LogP contribution is -2.54. The number of aliphatic hydroxyl groups is 1. The highest BCUT2D eigenvalue weighted by atomic mass is 16.3. The van der Waals surface area contributed by atoms with Crippen LogP contribution in [0.3, 0.4) is 0 Å². The molecule has 0 heterocycles. The summed E-state index contributed by atoms with van der Waals surface area (Å²) >= 11 is 0. The SMILES string of the molecule is C[C@]12CC[C@@H](O)C[C@H]1CC[C@@H]1[C@@H]2CC[C@]23CCC=C[C@H]2CC[C@@H]13. The summed E-state index contributed by atoms with van der Waals surface area (Å²) in [4.78, 5) is 0. The van der Waals surface area contributed by atoms with E-state index >= 15 is 0 Å². The maximum atomic E-state index is 10.2. The fourth-order valence-corrected chi connectivity index (χ4v) is 8.48. The van der Waals surface area contributed by atoms with Crippen LogP contribution in [0.4, 0.5) is 0 Å². The van der Waals surface area contributed by atoms with Crippen molar-refractivity contribution in [2.45, 2.75) is 83.7 Å². The van der Waals surface area contributed by atoms with E-state index in [0.717, 1.165) is 42.4 Å². The molecule has 128 valence electrons. The largest absolute Gasteiger partial charge is 0.393 e. The van der Waals surface area contributed by atoms with Crippen LogP contribution >= 0.6 is 0 Å². The quantitative estimate of drug-likeness (QED) is 0.599. The van der Waals surface area contributed by atoms with Crippen LogP contribution in [0, 0.1) is 40.4 Å². The molecule has 0 aromatic rings. The molecule has 0 aliphatic heterocycles. The average molecular weight is 315 g/mol. The molecule has 23 heavy (non-hydrogen) atoms. The summed E-state index contributed by atoms with van der Waals surface area (Å²) in [5, 5.41) is 10.2. The van der Waals surface area contributed by atoms with Crippen molar-refractivity contribution >= 4 is 0 Å². The van der Waals surface area contributed by atoms with Crippen LogP contribution in [-0.2, 0) is 0 Å². The van der Waals surface area contributed by atoms with Crippen molar-refractivity contribution < 1.29 is 5.11 Å². The van der Waals surface area contributed by atoms with E-state index in [9.17, 15) is 5.11 Å². The molecule has 8 atom stereocenters. The van der Waals surface area contributed by atoms with E-state index < -0.39 is 0 Å². The highest BCUT2D eigenvalue weighted by Gasteiger charge is 2.61. The number of fused-ring (bicyclic) bond motifs is 4. The summed E-state index contributed by atoms with van der Waals surface area (Å²) in [6.45, 7) is 2.62. The second-order valence-electron chi connectivity index (χ2n) is 10.0. The first-order chi connectivity index (χ1) is 11.1. The highest BCUT2D eigenvalue weighted by molar-refractivity contribution is 5.16. The van der Waals surface area contributed by atoms with Crippen molar-refractivity contribution in [3.8, 4) is 0 Å². The number of hydrogen-bond donors (Lipinski definition) is 1. The molecule has 4 saturated carbocycles. The number of allylic oxidation sites excluding steroid dienone is 2. The molecule has 5 rings (SSSR count). The zero-order chi connectivity index (χ0) is 15.7. The van der Waals surface area contributed by atoms with Gasteiger partial charge in [-0.2, -0.15) is 0 Å². The zero-order valence-corrected chi connectivity index (χ0v) is 14.8. The van der Waals surface area contributed by atoms with Crippen molar-refractivity contribution in [3.05, 3.63) is 12.2 Å². The van der Waals surface area contributed by atoms with Gasteiger partial charge in [-0.3, -0.25) is 0 Å². The first kappa shape index (κ1) is 15.0. The molecule has 5 aliphatic carbocycles. The minimum Gasteiger partial charge on any atom is -0.393 e. The van der Waals surface area contributed by atoms with Crippen LogP contribution in [0.5, 0.6) is 0 Å². The third-order valence-corrected chi connectivity index (χ3v) is 9.57. The van der Waals surface area contributed by atoms with Crippen molar-refractivity contribution in [2.75, 3.05) is 0 Å². The molecular weight excluding hydrogens is 280 g/mol. The van der Waals surface area contributed by atoms with Gasteiger partial charge >= 0.3 is 0 Å². The molecule has 0 saturated heterocycles. The maximum absolute atomic E-state index is 10.2. The molecule has 0 bridgehead atoms. The predicted octanol–water partition coefficient (Wildman–Crippen LogP) is 5.34. The number of rotatable bonds is 0. The zero-order valence-electron chi connectivity index (χ0n) is 14.8. The Morgan fingerprint density at radius 3 is 2.74 bits per heavy atom. The molecule has 0 radical (unpaired) electrons. The lowest BCUT2D eigenvalue weighted by atomic mass is 9.43. The average Bonchev–Trinajstić information content (AvgIpc) is 2.95. The maximum Gasteiger partial charge on any atom is 0.0543 e. The van der Waals surface area contributed by atoms with Gasteiger partial charge in [0.1, 0.15) is 0 Å². The smallest absolute Gasteiger partial charge is 0.0543 e. The standard InChI is InChI=1S/C22H34O/c1-21-12-9-17(23)14-16(21)5-7-18-19(21)10-13-22-11-3-2-4-15(22)6-8-20(18)22/h2,4,15-20,23H,3,5-14H2,1H3/t15-,16+,17+,18+,19-,20-,21-,22+/m0/s1. The van der Waals surface area contributed by atoms with Crippen LogP contribution < -0.4 is 0 Å². The molecule has 1 spiro atoms. The Morgan fingerprint density at radius 1 is 0.913 bits per heavy atom. The highest BCUT2D eigenvalue weighted by Crippen LogP contribution is 2.69. The van der Waals surface area contributed by atoms with E-state index in [1.165, 1.54) is 57.8 Å². The number of aliphatic hydroxyl groups excluding tert-OH is 1. The van der Waals surface area contributed by atoms with Gasteiger partial charge in [-0.15, -0.1) is 0 Å². The van der Waals surface area contributed by atoms with Gasteiger partial charge in [0, 0.05) is 0 Å². The Balaban J connectivity index is 1.46. The first-order valence-electron chi connectivity index (χ1n) is 10.5. The third kappa shape index (κ3) is 1.95. The first-order valence-corrected chi connectivity index (χ1v) is 10.5. The van der Waals surface area contributed by atoms with Crippen LogP contribution in [0.2, 0.25) is 0 Å². The van der Waals surface area contributed by atoms with E-state index in [4.69, 9.17) is 0 Å². The van der Waals surface area contributed by atoms with E-state index in [1.54, 1.807) is 0 Å². The predicted molar refractivity (Wildman–Crippen MR) is 93.9 cm³/mol. The summed E-state index contributed by atoms with van der Waals surface area (Å²) < 4.78 is 0. The van der Waals surface area contributed by atoms with Crippen LogP contribution in [0.15, 0.2) is 12.2 Å². The van der Waals surface area contributed by atoms with E-state index in [1.807, 2.05) is 0 Å². The van der Waals surface area contributed by atoms with Gasteiger partial charge in [-0.25, -0.2) is 0 Å². The van der Waals surface area contributed by atoms with Crippen LogP contribution in [0.25, 0.3) is 0 Å². The van der Waals surface area contributed by atoms with Gasteiger partial charge in [-0.05, 0) is 111 Å². The van der Waals surface area contributed by atoms with Gasteiger partial charge in [0.25, 0.3) is 0 Å². The molecule has 5 aliphatic rings. The van der Waals surface area contributed by atoms with Crippen molar-refractivity contribution in [3.63, 3.8) is 0 Å². The van der Waals surface area contributed by atoms with Crippen molar-refractivity contribution in [1.82, 2.24) is 0 Å². The molecule has 0 unspecified atom stereocenters. The topological polar surface area (TPSA) is 20.2 Å². The fourth-order valence-electron chi connectivity index (χ4n) is 8.48. The van der Waals surface area contributed by atoms with E-state index in [2.05, 4.69) is 19.1 Å². The Bertz CT molecular complexity index is 510. The minimum absolute atomic E-state index is 0.00102. The Labute approximate surface area is 141 Å². The van der Waals surface area contributed by atoms with Crippen molar-refractivity contribution in [1.29, 1.82) is 0 Å². The van der Waals surface area contributed by atoms with Crippen LogP contribution in [-0.4, -0.2) is 11.2 Å². The van der Waals surface area contributed by atoms with Gasteiger partial charge in [0.15, 0.2) is 0 Å². The second kappa shape index (κ2) is 5.10. The normalized spacial score (nSPS) is 58.0. The summed E-state index contributed by atoms with van der Waals surface area (Å²) in [5.74, 6) is 4.73. The molecule has 1 heteroatoms. The third-order valence-electron chi connectivity index (χ3n) is 9.57. The van der Waals surface area contributed by atoms with Gasteiger partial charge < -0.3 is 5.11 Å².